The molecule has 0 N–H and O–H groups in total. The highest BCUT2D eigenvalue weighted by molar-refractivity contribution is 5.92. The second kappa shape index (κ2) is 7.93. The zero-order valence-corrected chi connectivity index (χ0v) is 15.4. The van der Waals surface area contributed by atoms with Crippen LogP contribution in [0, 0.1) is 13.8 Å². The van der Waals surface area contributed by atoms with Gasteiger partial charge in [0.25, 0.3) is 5.91 Å². The Morgan fingerprint density at radius 3 is 2.12 bits per heavy atom. The molecule has 0 aliphatic heterocycles. The number of esters is 1. The number of ether oxygens (including phenoxy) is 1. The summed E-state index contributed by atoms with van der Waals surface area (Å²) in [6.07, 6.45) is -4.39. The molecule has 1 aromatic rings. The SMILES string of the molecule is Cc1cc(C(=O)OCC(=O)N(C(C)C)C(C)C)c(C)n1CC(F)(F)F. The van der Waals surface area contributed by atoms with Crippen molar-refractivity contribution in [1.29, 1.82) is 0 Å². The van der Waals surface area contributed by atoms with E-state index >= 15 is 0 Å². The first-order chi connectivity index (χ1) is 11.3. The van der Waals surface area contributed by atoms with Crippen molar-refractivity contribution < 1.29 is 27.5 Å². The lowest BCUT2D eigenvalue weighted by Crippen LogP contribution is -2.44. The topological polar surface area (TPSA) is 51.5 Å². The molecule has 0 aromatic carbocycles. The molecule has 0 spiro atoms. The molecule has 1 amide bonds. The van der Waals surface area contributed by atoms with Crippen molar-refractivity contribution in [1.82, 2.24) is 9.47 Å². The molecule has 1 rings (SSSR count). The van der Waals surface area contributed by atoms with Crippen LogP contribution in [0.5, 0.6) is 0 Å². The van der Waals surface area contributed by atoms with Gasteiger partial charge in [-0.1, -0.05) is 0 Å². The van der Waals surface area contributed by atoms with Crippen LogP contribution in [0.1, 0.15) is 49.4 Å². The van der Waals surface area contributed by atoms with Crippen LogP contribution in [0.15, 0.2) is 6.07 Å². The Morgan fingerprint density at radius 2 is 1.68 bits per heavy atom. The molecule has 0 fully saturated rings. The summed E-state index contributed by atoms with van der Waals surface area (Å²) in [7, 11) is 0. The maximum absolute atomic E-state index is 12.6. The minimum absolute atomic E-state index is 0.0372. The van der Waals surface area contributed by atoms with E-state index in [4.69, 9.17) is 4.74 Å². The summed E-state index contributed by atoms with van der Waals surface area (Å²) in [5.74, 6) is -1.15. The number of alkyl halides is 3. The van der Waals surface area contributed by atoms with Gasteiger partial charge >= 0.3 is 12.1 Å². The van der Waals surface area contributed by atoms with Gasteiger partial charge in [0.2, 0.25) is 0 Å². The molecule has 0 bridgehead atoms. The Bertz CT molecular complexity index is 626. The van der Waals surface area contributed by atoms with E-state index in [2.05, 4.69) is 0 Å². The molecule has 0 radical (unpaired) electrons. The average Bonchev–Trinajstić information content (AvgIpc) is 2.70. The van der Waals surface area contributed by atoms with Gasteiger partial charge < -0.3 is 14.2 Å². The maximum atomic E-state index is 12.6. The van der Waals surface area contributed by atoms with Crippen molar-refractivity contribution in [3.05, 3.63) is 23.0 Å². The summed E-state index contributed by atoms with van der Waals surface area (Å²) < 4.78 is 43.9. The number of rotatable bonds is 6. The Kier molecular flexibility index (Phi) is 6.68. The van der Waals surface area contributed by atoms with E-state index in [1.807, 2.05) is 27.7 Å². The van der Waals surface area contributed by atoms with Gasteiger partial charge in [-0.25, -0.2) is 4.79 Å². The molecule has 1 aromatic heterocycles. The fraction of sp³-hybridized carbons (Fsp3) is 0.647. The molecule has 142 valence electrons. The number of aryl methyl sites for hydroxylation is 1. The Labute approximate surface area is 145 Å². The normalized spacial score (nSPS) is 12.0. The van der Waals surface area contributed by atoms with E-state index in [0.717, 1.165) is 4.57 Å². The minimum Gasteiger partial charge on any atom is -0.452 e. The van der Waals surface area contributed by atoms with Crippen molar-refractivity contribution in [3.8, 4) is 0 Å². The number of hydrogen-bond acceptors (Lipinski definition) is 3. The lowest BCUT2D eigenvalue weighted by molar-refractivity contribution is -0.141. The van der Waals surface area contributed by atoms with Crippen molar-refractivity contribution in [2.45, 2.75) is 66.3 Å². The number of carbonyl (C=O) groups excluding carboxylic acids is 2. The molecule has 25 heavy (non-hydrogen) atoms. The summed E-state index contributed by atoms with van der Waals surface area (Å²) >= 11 is 0. The van der Waals surface area contributed by atoms with Gasteiger partial charge in [-0.15, -0.1) is 0 Å². The number of halogens is 3. The number of nitrogens with zero attached hydrogens (tertiary/aromatic N) is 2. The predicted octanol–water partition coefficient (Wildman–Crippen LogP) is 3.47. The summed E-state index contributed by atoms with van der Waals surface area (Å²) in [6.45, 7) is 8.69. The fourth-order valence-electron chi connectivity index (χ4n) is 2.88. The Morgan fingerprint density at radius 1 is 1.16 bits per heavy atom. The molecule has 0 unspecified atom stereocenters. The van der Waals surface area contributed by atoms with E-state index in [1.165, 1.54) is 19.9 Å². The van der Waals surface area contributed by atoms with E-state index in [9.17, 15) is 22.8 Å². The molecule has 0 atom stereocenters. The van der Waals surface area contributed by atoms with Crippen molar-refractivity contribution >= 4 is 11.9 Å². The first-order valence-corrected chi connectivity index (χ1v) is 8.07. The zero-order chi connectivity index (χ0) is 19.5. The number of amides is 1. The molecule has 5 nitrogen and oxygen atoms in total. The molecular formula is C17H25F3N2O3. The Hall–Kier alpha value is -1.99. The summed E-state index contributed by atoms with van der Waals surface area (Å²) in [5, 5.41) is 0. The molecule has 0 saturated heterocycles. The minimum atomic E-state index is -4.39. The zero-order valence-electron chi connectivity index (χ0n) is 15.4. The van der Waals surface area contributed by atoms with Gasteiger partial charge in [-0.05, 0) is 47.6 Å². The van der Waals surface area contributed by atoms with E-state index in [1.54, 1.807) is 4.90 Å². The molecule has 8 heteroatoms. The lowest BCUT2D eigenvalue weighted by Gasteiger charge is -2.30. The van der Waals surface area contributed by atoms with Gasteiger partial charge in [0.1, 0.15) is 6.54 Å². The van der Waals surface area contributed by atoms with E-state index in [0.29, 0.717) is 5.69 Å². The van der Waals surface area contributed by atoms with Crippen LogP contribution < -0.4 is 0 Å². The standard InChI is InChI=1S/C17H25F3N2O3/c1-10(2)22(11(3)4)15(23)8-25-16(24)14-7-12(5)21(13(14)6)9-17(18,19)20/h7,10-11H,8-9H2,1-6H3. The predicted molar refractivity (Wildman–Crippen MR) is 87.4 cm³/mol. The van der Waals surface area contributed by atoms with Gasteiger partial charge in [0, 0.05) is 23.5 Å². The van der Waals surface area contributed by atoms with Gasteiger partial charge in [0.15, 0.2) is 6.61 Å². The van der Waals surface area contributed by atoms with Crippen LogP contribution in [0.3, 0.4) is 0 Å². The molecule has 0 aliphatic carbocycles. The highest BCUT2D eigenvalue weighted by Gasteiger charge is 2.31. The maximum Gasteiger partial charge on any atom is 0.406 e. The molecule has 1 heterocycles. The average molecular weight is 362 g/mol. The van der Waals surface area contributed by atoms with E-state index in [-0.39, 0.29) is 29.2 Å². The number of carbonyl (C=O) groups is 2. The highest BCUT2D eigenvalue weighted by atomic mass is 19.4. The monoisotopic (exact) mass is 362 g/mol. The molecule has 0 aliphatic rings. The quantitative estimate of drug-likeness (QED) is 0.728. The summed E-state index contributed by atoms with van der Waals surface area (Å²) in [6, 6.07) is 1.24. The highest BCUT2D eigenvalue weighted by Crippen LogP contribution is 2.23. The van der Waals surface area contributed by atoms with Crippen molar-refractivity contribution in [2.75, 3.05) is 6.61 Å². The second-order valence-electron chi connectivity index (χ2n) is 6.55. The molecular weight excluding hydrogens is 337 g/mol. The summed E-state index contributed by atoms with van der Waals surface area (Å²) in [4.78, 5) is 26.0. The van der Waals surface area contributed by atoms with Crippen molar-refractivity contribution in [3.63, 3.8) is 0 Å². The van der Waals surface area contributed by atoms with E-state index < -0.39 is 25.3 Å². The van der Waals surface area contributed by atoms with Crippen LogP contribution in [0.25, 0.3) is 0 Å². The van der Waals surface area contributed by atoms with Crippen LogP contribution in [-0.4, -0.2) is 46.2 Å². The van der Waals surface area contributed by atoms with Gasteiger partial charge in [-0.2, -0.15) is 13.2 Å². The number of aromatic nitrogens is 1. The third-order valence-corrected chi connectivity index (χ3v) is 3.86. The van der Waals surface area contributed by atoms with Gasteiger partial charge in [0.05, 0.1) is 5.56 Å². The third-order valence-electron chi connectivity index (χ3n) is 3.86. The fourth-order valence-corrected chi connectivity index (χ4v) is 2.88. The smallest absolute Gasteiger partial charge is 0.406 e. The number of hydrogen-bond donors (Lipinski definition) is 0. The van der Waals surface area contributed by atoms with Crippen molar-refractivity contribution in [2.24, 2.45) is 0 Å². The largest absolute Gasteiger partial charge is 0.452 e. The first-order valence-electron chi connectivity index (χ1n) is 8.07. The third kappa shape index (κ3) is 5.51. The van der Waals surface area contributed by atoms with Crippen LogP contribution >= 0.6 is 0 Å². The summed E-state index contributed by atoms with van der Waals surface area (Å²) in [5.41, 5.74) is 0.506. The molecule has 0 saturated carbocycles. The second-order valence-corrected chi connectivity index (χ2v) is 6.55. The van der Waals surface area contributed by atoms with Crippen LogP contribution in [0.4, 0.5) is 13.2 Å². The van der Waals surface area contributed by atoms with Crippen LogP contribution in [0.2, 0.25) is 0 Å². The van der Waals surface area contributed by atoms with Crippen LogP contribution in [-0.2, 0) is 16.1 Å². The first kappa shape index (κ1) is 21.1. The lowest BCUT2D eigenvalue weighted by atomic mass is 10.2. The Balaban J connectivity index is 2.85. The van der Waals surface area contributed by atoms with Gasteiger partial charge in [-0.3, -0.25) is 4.79 Å².